The van der Waals surface area contributed by atoms with Gasteiger partial charge in [-0.3, -0.25) is 4.99 Å². The molecule has 0 spiro atoms. The van der Waals surface area contributed by atoms with Crippen molar-refractivity contribution < 1.29 is 4.39 Å². The van der Waals surface area contributed by atoms with E-state index in [1.165, 1.54) is 18.6 Å². The molecule has 1 aliphatic carbocycles. The molecule has 1 aromatic carbocycles. The minimum Gasteiger partial charge on any atom is -0.353 e. The van der Waals surface area contributed by atoms with Gasteiger partial charge in [0.15, 0.2) is 5.96 Å². The molecule has 0 bridgehead atoms. The Morgan fingerprint density at radius 2 is 2.23 bits per heavy atom. The zero-order valence-electron chi connectivity index (χ0n) is 13.0. The molecule has 0 radical (unpaired) electrons. The van der Waals surface area contributed by atoms with Gasteiger partial charge in [0.25, 0.3) is 0 Å². The largest absolute Gasteiger partial charge is 0.353 e. The molecule has 1 saturated carbocycles. The number of halogens is 1. The summed E-state index contributed by atoms with van der Waals surface area (Å²) in [6.45, 7) is 2.80. The van der Waals surface area contributed by atoms with Crippen molar-refractivity contribution >= 4 is 17.7 Å². The summed E-state index contributed by atoms with van der Waals surface area (Å²) >= 11 is 2.00. The Hall–Kier alpha value is -1.23. The second kappa shape index (κ2) is 7.36. The molecule has 1 saturated heterocycles. The molecule has 0 amide bonds. The van der Waals surface area contributed by atoms with Crippen LogP contribution >= 0.6 is 11.8 Å². The zero-order chi connectivity index (χ0) is 15.4. The van der Waals surface area contributed by atoms with E-state index >= 15 is 0 Å². The van der Waals surface area contributed by atoms with Crippen molar-refractivity contribution in [1.29, 1.82) is 0 Å². The van der Waals surface area contributed by atoms with Gasteiger partial charge in [-0.05, 0) is 43.6 Å². The first kappa shape index (κ1) is 15.7. The molecule has 3 rings (SSSR count). The van der Waals surface area contributed by atoms with E-state index in [0.29, 0.717) is 12.1 Å². The first-order valence-corrected chi connectivity index (χ1v) is 9.33. The number of nitrogens with one attached hydrogen (secondary N) is 2. The lowest BCUT2D eigenvalue weighted by Crippen LogP contribution is -2.46. The summed E-state index contributed by atoms with van der Waals surface area (Å²) in [7, 11) is 0. The van der Waals surface area contributed by atoms with Gasteiger partial charge < -0.3 is 10.6 Å². The lowest BCUT2D eigenvalue weighted by Gasteiger charge is -2.24. The molecule has 2 N–H and O–H groups in total. The minimum absolute atomic E-state index is 0.0950. The third-order valence-electron chi connectivity index (χ3n) is 4.23. The molecule has 3 nitrogen and oxygen atoms in total. The number of nitrogens with zero attached hydrogens (tertiary/aromatic N) is 1. The number of aliphatic imine (C=N–C) groups is 1. The predicted molar refractivity (Wildman–Crippen MR) is 92.1 cm³/mol. The van der Waals surface area contributed by atoms with Crippen LogP contribution in [0.5, 0.6) is 0 Å². The molecule has 5 heteroatoms. The zero-order valence-corrected chi connectivity index (χ0v) is 13.8. The van der Waals surface area contributed by atoms with Crippen molar-refractivity contribution in [2.24, 2.45) is 4.99 Å². The first-order chi connectivity index (χ1) is 10.8. The molecule has 3 unspecified atom stereocenters. The molecule has 0 aromatic heterocycles. The second-order valence-electron chi connectivity index (χ2n) is 6.00. The number of hydrogen-bond acceptors (Lipinski definition) is 2. The molecule has 1 aromatic rings. The van der Waals surface area contributed by atoms with E-state index in [-0.39, 0.29) is 11.7 Å². The van der Waals surface area contributed by atoms with Crippen LogP contribution in [0.3, 0.4) is 0 Å². The molecule has 2 fully saturated rings. The van der Waals surface area contributed by atoms with E-state index in [2.05, 4.69) is 15.6 Å². The van der Waals surface area contributed by atoms with Gasteiger partial charge >= 0.3 is 0 Å². The number of benzene rings is 1. The maximum atomic E-state index is 13.8. The molecular formula is C17H24FN3S. The van der Waals surface area contributed by atoms with E-state index in [0.717, 1.165) is 30.2 Å². The van der Waals surface area contributed by atoms with E-state index in [4.69, 9.17) is 0 Å². The second-order valence-corrected chi connectivity index (χ2v) is 7.15. The number of guanidine groups is 1. The van der Waals surface area contributed by atoms with Crippen LogP contribution in [0.15, 0.2) is 29.3 Å². The van der Waals surface area contributed by atoms with Gasteiger partial charge in [0.05, 0.1) is 0 Å². The highest BCUT2D eigenvalue weighted by molar-refractivity contribution is 7.99. The van der Waals surface area contributed by atoms with Crippen LogP contribution < -0.4 is 10.6 Å². The van der Waals surface area contributed by atoms with Crippen LogP contribution in [-0.2, 0) is 0 Å². The summed E-state index contributed by atoms with van der Waals surface area (Å²) in [5.74, 6) is 3.47. The molecule has 1 aliphatic heterocycles. The Labute approximate surface area is 136 Å². The number of rotatable bonds is 4. The highest BCUT2D eigenvalue weighted by Crippen LogP contribution is 2.41. The van der Waals surface area contributed by atoms with Crippen molar-refractivity contribution in [2.45, 2.75) is 44.2 Å². The summed E-state index contributed by atoms with van der Waals surface area (Å²) in [6.07, 6.45) is 3.45. The monoisotopic (exact) mass is 321 g/mol. The number of hydrogen-bond donors (Lipinski definition) is 2. The third kappa shape index (κ3) is 3.94. The molecule has 2 aliphatic rings. The Morgan fingerprint density at radius 1 is 1.36 bits per heavy atom. The summed E-state index contributed by atoms with van der Waals surface area (Å²) in [5, 5.41) is 7.02. The Balaban J connectivity index is 1.56. The van der Waals surface area contributed by atoms with Crippen molar-refractivity contribution in [2.75, 3.05) is 18.1 Å². The van der Waals surface area contributed by atoms with Crippen molar-refractivity contribution in [1.82, 2.24) is 10.6 Å². The maximum Gasteiger partial charge on any atom is 0.191 e. The average Bonchev–Trinajstić information content (AvgIpc) is 3.28. The fourth-order valence-electron chi connectivity index (χ4n) is 2.99. The quantitative estimate of drug-likeness (QED) is 0.661. The first-order valence-electron chi connectivity index (χ1n) is 8.17. The van der Waals surface area contributed by atoms with Crippen LogP contribution in [0.25, 0.3) is 0 Å². The van der Waals surface area contributed by atoms with Gasteiger partial charge in [0.1, 0.15) is 5.82 Å². The summed E-state index contributed by atoms with van der Waals surface area (Å²) in [5.41, 5.74) is 0.823. The lowest BCUT2D eigenvalue weighted by molar-refractivity contribution is 0.578. The fraction of sp³-hybridized carbons (Fsp3) is 0.588. The van der Waals surface area contributed by atoms with Gasteiger partial charge in [-0.2, -0.15) is 11.8 Å². The standard InChI is InChI=1S/C17H24FN3S/c1-2-19-17(20-12-6-5-9-22-11-12)21-16-10-14(16)13-7-3-4-8-15(13)18/h3-4,7-8,12,14,16H,2,5-6,9-11H2,1H3,(H2,19,20,21). The topological polar surface area (TPSA) is 36.4 Å². The van der Waals surface area contributed by atoms with Crippen molar-refractivity contribution in [3.63, 3.8) is 0 Å². The van der Waals surface area contributed by atoms with Gasteiger partial charge in [0.2, 0.25) is 0 Å². The van der Waals surface area contributed by atoms with Crippen molar-refractivity contribution in [3.05, 3.63) is 35.6 Å². The minimum atomic E-state index is -0.0950. The number of thioether (sulfide) groups is 1. The molecule has 22 heavy (non-hydrogen) atoms. The van der Waals surface area contributed by atoms with Crippen LogP contribution in [0.1, 0.15) is 37.7 Å². The summed E-state index contributed by atoms with van der Waals surface area (Å²) < 4.78 is 13.8. The van der Waals surface area contributed by atoms with E-state index in [9.17, 15) is 4.39 Å². The van der Waals surface area contributed by atoms with E-state index in [1.54, 1.807) is 12.1 Å². The van der Waals surface area contributed by atoms with Crippen LogP contribution in [0.2, 0.25) is 0 Å². The maximum absolute atomic E-state index is 13.8. The lowest BCUT2D eigenvalue weighted by atomic mass is 10.1. The summed E-state index contributed by atoms with van der Waals surface area (Å²) in [6, 6.07) is 7.89. The van der Waals surface area contributed by atoms with Gasteiger partial charge in [0, 0.05) is 30.3 Å². The molecule has 120 valence electrons. The average molecular weight is 321 g/mol. The van der Waals surface area contributed by atoms with E-state index < -0.39 is 0 Å². The molecule has 3 atom stereocenters. The van der Waals surface area contributed by atoms with Crippen LogP contribution in [-0.4, -0.2) is 36.1 Å². The fourth-order valence-corrected chi connectivity index (χ4v) is 4.06. The highest BCUT2D eigenvalue weighted by atomic mass is 32.2. The molecule has 1 heterocycles. The summed E-state index contributed by atoms with van der Waals surface area (Å²) in [4.78, 5) is 4.54. The van der Waals surface area contributed by atoms with E-state index in [1.807, 2.05) is 30.8 Å². The SMILES string of the molecule is CCN=C(NC1CCCSC1)NC1CC1c1ccccc1F. The Bertz CT molecular complexity index is 528. The highest BCUT2D eigenvalue weighted by Gasteiger charge is 2.40. The van der Waals surface area contributed by atoms with Gasteiger partial charge in [-0.15, -0.1) is 0 Å². The Kier molecular flexibility index (Phi) is 5.24. The van der Waals surface area contributed by atoms with Gasteiger partial charge in [-0.25, -0.2) is 4.39 Å². The normalized spacial score (nSPS) is 28.3. The molecular weight excluding hydrogens is 297 g/mol. The predicted octanol–water partition coefficient (Wildman–Crippen LogP) is 3.13. The van der Waals surface area contributed by atoms with Gasteiger partial charge in [-0.1, -0.05) is 18.2 Å². The van der Waals surface area contributed by atoms with Crippen LogP contribution in [0, 0.1) is 5.82 Å². The Morgan fingerprint density at radius 3 is 2.95 bits per heavy atom. The smallest absolute Gasteiger partial charge is 0.191 e. The van der Waals surface area contributed by atoms with Crippen molar-refractivity contribution in [3.8, 4) is 0 Å². The third-order valence-corrected chi connectivity index (χ3v) is 5.45. The van der Waals surface area contributed by atoms with Crippen LogP contribution in [0.4, 0.5) is 4.39 Å².